The van der Waals surface area contributed by atoms with Gasteiger partial charge in [-0.05, 0) is 24.6 Å². The highest BCUT2D eigenvalue weighted by atomic mass is 32.2. The lowest BCUT2D eigenvalue weighted by molar-refractivity contribution is 0.280. The summed E-state index contributed by atoms with van der Waals surface area (Å²) in [6.45, 7) is 0.961. The van der Waals surface area contributed by atoms with Gasteiger partial charge in [0.2, 0.25) is 0 Å². The largest absolute Gasteiger partial charge is 0.392 e. The van der Waals surface area contributed by atoms with Crippen LogP contribution in [0.3, 0.4) is 0 Å². The first kappa shape index (κ1) is 14.0. The molecule has 0 fully saturated rings. The molecule has 0 amide bonds. The van der Waals surface area contributed by atoms with E-state index in [4.69, 9.17) is 5.11 Å². The monoisotopic (exact) mass is 262 g/mol. The van der Waals surface area contributed by atoms with Crippen LogP contribution in [0, 0.1) is 12.7 Å². The van der Waals surface area contributed by atoms with E-state index in [0.29, 0.717) is 0 Å². The van der Waals surface area contributed by atoms with E-state index in [1.54, 1.807) is 0 Å². The van der Waals surface area contributed by atoms with Gasteiger partial charge >= 0.3 is 0 Å². The number of hydrazine groups is 1. The highest BCUT2D eigenvalue weighted by Gasteiger charge is 2.20. The van der Waals surface area contributed by atoms with Gasteiger partial charge in [-0.2, -0.15) is 0 Å². The van der Waals surface area contributed by atoms with Crippen LogP contribution in [0.15, 0.2) is 17.0 Å². The molecular weight excluding hydrogens is 247 g/mol. The lowest BCUT2D eigenvalue weighted by Crippen LogP contribution is -2.36. The van der Waals surface area contributed by atoms with Crippen molar-refractivity contribution in [3.63, 3.8) is 0 Å². The number of nitrogens with zero attached hydrogens (tertiary/aromatic N) is 1. The highest BCUT2D eigenvalue weighted by molar-refractivity contribution is 7.89. The second kappa shape index (κ2) is 5.09. The van der Waals surface area contributed by atoms with Crippen molar-refractivity contribution in [2.75, 3.05) is 14.1 Å². The predicted octanol–water partition coefficient (Wildman–Crippen LogP) is 0.381. The molecule has 2 N–H and O–H groups in total. The molecule has 0 radical (unpaired) electrons. The van der Waals surface area contributed by atoms with E-state index >= 15 is 0 Å². The van der Waals surface area contributed by atoms with E-state index in [1.165, 1.54) is 32.1 Å². The van der Waals surface area contributed by atoms with Gasteiger partial charge in [-0.15, -0.1) is 4.83 Å². The van der Waals surface area contributed by atoms with Crippen molar-refractivity contribution in [3.05, 3.63) is 29.1 Å². The summed E-state index contributed by atoms with van der Waals surface area (Å²) >= 11 is 0. The molecule has 0 saturated heterocycles. The van der Waals surface area contributed by atoms with Crippen molar-refractivity contribution in [2.24, 2.45) is 0 Å². The Kier molecular flexibility index (Phi) is 4.21. The zero-order valence-corrected chi connectivity index (χ0v) is 10.7. The SMILES string of the molecule is Cc1c(F)cc(CO)cc1S(=O)(=O)NN(C)C. The van der Waals surface area contributed by atoms with Crippen LogP contribution in [0.25, 0.3) is 0 Å². The highest BCUT2D eigenvalue weighted by Crippen LogP contribution is 2.20. The molecule has 0 saturated carbocycles. The topological polar surface area (TPSA) is 69.6 Å². The smallest absolute Gasteiger partial charge is 0.253 e. The Morgan fingerprint density at radius 3 is 2.47 bits per heavy atom. The number of aliphatic hydroxyl groups is 1. The maximum atomic E-state index is 13.5. The summed E-state index contributed by atoms with van der Waals surface area (Å²) in [6.07, 6.45) is 0. The molecule has 0 aliphatic carbocycles. The molecule has 0 bridgehead atoms. The van der Waals surface area contributed by atoms with Crippen molar-refractivity contribution in [3.8, 4) is 0 Å². The van der Waals surface area contributed by atoms with E-state index in [1.807, 2.05) is 0 Å². The first-order valence-corrected chi connectivity index (χ1v) is 6.36. The van der Waals surface area contributed by atoms with Crippen LogP contribution in [-0.4, -0.2) is 32.6 Å². The average Bonchev–Trinajstić information content (AvgIpc) is 2.19. The minimum atomic E-state index is -3.82. The first-order chi connectivity index (χ1) is 7.77. The summed E-state index contributed by atoms with van der Waals surface area (Å²) in [6, 6.07) is 2.37. The molecule has 7 heteroatoms. The van der Waals surface area contributed by atoms with Crippen molar-refractivity contribution < 1.29 is 17.9 Å². The summed E-state index contributed by atoms with van der Waals surface area (Å²) in [5.41, 5.74) is 0.240. The van der Waals surface area contributed by atoms with E-state index in [0.717, 1.165) is 6.07 Å². The van der Waals surface area contributed by atoms with Crippen LogP contribution in [0.2, 0.25) is 0 Å². The van der Waals surface area contributed by atoms with Gasteiger partial charge in [0.05, 0.1) is 11.5 Å². The van der Waals surface area contributed by atoms with Crippen LogP contribution in [0.1, 0.15) is 11.1 Å². The maximum absolute atomic E-state index is 13.5. The number of hydrogen-bond acceptors (Lipinski definition) is 4. The third kappa shape index (κ3) is 3.22. The number of nitrogens with one attached hydrogen (secondary N) is 1. The molecule has 1 aromatic rings. The fraction of sp³-hybridized carbons (Fsp3) is 0.400. The molecule has 96 valence electrons. The Labute approximate surface area is 99.9 Å². The fourth-order valence-electron chi connectivity index (χ4n) is 1.37. The van der Waals surface area contributed by atoms with Crippen LogP contribution in [0.5, 0.6) is 0 Å². The lowest BCUT2D eigenvalue weighted by atomic mass is 10.1. The molecule has 0 aliphatic heterocycles. The summed E-state index contributed by atoms with van der Waals surface area (Å²) in [5.74, 6) is -0.657. The van der Waals surface area contributed by atoms with Gasteiger partial charge < -0.3 is 5.11 Å². The number of hydrogen-bond donors (Lipinski definition) is 2. The van der Waals surface area contributed by atoms with Crippen LogP contribution in [-0.2, 0) is 16.6 Å². The Balaban J connectivity index is 3.35. The Bertz CT molecular complexity index is 515. The van der Waals surface area contributed by atoms with Gasteiger partial charge in [0.25, 0.3) is 10.0 Å². The van der Waals surface area contributed by atoms with Crippen LogP contribution < -0.4 is 4.83 Å². The summed E-state index contributed by atoms with van der Waals surface area (Å²) in [4.78, 5) is 2.04. The van der Waals surface area contributed by atoms with Crippen molar-refractivity contribution >= 4 is 10.0 Å². The number of sulfonamides is 1. The van der Waals surface area contributed by atoms with Gasteiger partial charge in [0.1, 0.15) is 5.82 Å². The van der Waals surface area contributed by atoms with Crippen molar-refractivity contribution in [1.82, 2.24) is 9.84 Å². The standard InChI is InChI=1S/C10H15FN2O3S/c1-7-9(11)4-8(6-14)5-10(7)17(15,16)12-13(2)3/h4-5,12,14H,6H2,1-3H3. The lowest BCUT2D eigenvalue weighted by Gasteiger charge is -2.15. The summed E-state index contributed by atoms with van der Waals surface area (Å²) in [5, 5.41) is 10.2. The van der Waals surface area contributed by atoms with Crippen molar-refractivity contribution in [1.29, 1.82) is 0 Å². The molecule has 0 atom stereocenters. The minimum absolute atomic E-state index is 0.0246. The van der Waals surface area contributed by atoms with Crippen molar-refractivity contribution in [2.45, 2.75) is 18.4 Å². The third-order valence-electron chi connectivity index (χ3n) is 2.13. The second-order valence-corrected chi connectivity index (χ2v) is 5.48. The number of halogens is 1. The van der Waals surface area contributed by atoms with E-state index in [-0.39, 0.29) is 16.0 Å². The number of benzene rings is 1. The van der Waals surface area contributed by atoms with E-state index in [2.05, 4.69) is 4.83 Å². The molecule has 0 spiro atoms. The molecule has 1 aromatic carbocycles. The molecule has 0 aromatic heterocycles. The van der Waals surface area contributed by atoms with Gasteiger partial charge in [0.15, 0.2) is 0 Å². The van der Waals surface area contributed by atoms with E-state index < -0.39 is 22.4 Å². The Morgan fingerprint density at radius 2 is 2.00 bits per heavy atom. The zero-order valence-electron chi connectivity index (χ0n) is 9.86. The van der Waals surface area contributed by atoms with Gasteiger partial charge in [-0.1, -0.05) is 0 Å². The van der Waals surface area contributed by atoms with Crippen LogP contribution >= 0.6 is 0 Å². The van der Waals surface area contributed by atoms with Gasteiger partial charge in [-0.25, -0.2) is 17.8 Å². The second-order valence-electron chi connectivity index (χ2n) is 3.85. The molecule has 1 rings (SSSR count). The molecular formula is C10H15FN2O3S. The molecule has 0 heterocycles. The fourth-order valence-corrected chi connectivity index (χ4v) is 2.75. The minimum Gasteiger partial charge on any atom is -0.392 e. The first-order valence-electron chi connectivity index (χ1n) is 4.87. The maximum Gasteiger partial charge on any atom is 0.253 e. The molecule has 0 unspecified atom stereocenters. The quantitative estimate of drug-likeness (QED) is 0.770. The van der Waals surface area contributed by atoms with Gasteiger partial charge in [-0.3, -0.25) is 0 Å². The summed E-state index contributed by atoms with van der Waals surface area (Å²) in [7, 11) is -0.794. The predicted molar refractivity (Wildman–Crippen MR) is 61.1 cm³/mol. The third-order valence-corrected chi connectivity index (χ3v) is 3.74. The molecule has 17 heavy (non-hydrogen) atoms. The van der Waals surface area contributed by atoms with Gasteiger partial charge in [0, 0.05) is 19.7 Å². The number of aliphatic hydroxyl groups excluding tert-OH is 1. The zero-order chi connectivity index (χ0) is 13.2. The Hall–Kier alpha value is -1.02. The van der Waals surface area contributed by atoms with Crippen LogP contribution in [0.4, 0.5) is 4.39 Å². The number of rotatable bonds is 4. The Morgan fingerprint density at radius 1 is 1.41 bits per heavy atom. The molecule has 5 nitrogen and oxygen atoms in total. The normalized spacial score (nSPS) is 12.1. The molecule has 0 aliphatic rings. The summed E-state index contributed by atoms with van der Waals surface area (Å²) < 4.78 is 37.2. The average molecular weight is 262 g/mol. The van der Waals surface area contributed by atoms with E-state index in [9.17, 15) is 12.8 Å².